The van der Waals surface area contributed by atoms with Crippen LogP contribution in [0.3, 0.4) is 0 Å². The van der Waals surface area contributed by atoms with Crippen molar-refractivity contribution in [1.82, 2.24) is 15.2 Å². The number of aromatic nitrogens is 3. The summed E-state index contributed by atoms with van der Waals surface area (Å²) < 4.78 is 0. The second kappa shape index (κ2) is 3.70. The van der Waals surface area contributed by atoms with Gasteiger partial charge in [-0.3, -0.25) is 4.98 Å². The van der Waals surface area contributed by atoms with Gasteiger partial charge in [-0.15, -0.1) is 0 Å². The summed E-state index contributed by atoms with van der Waals surface area (Å²) in [6.07, 6.45) is 3.46. The normalized spacial score (nSPS) is 10.5. The molecule has 3 aromatic rings. The van der Waals surface area contributed by atoms with Gasteiger partial charge in [0.1, 0.15) is 0 Å². The molecule has 0 aliphatic heterocycles. The average Bonchev–Trinajstić information content (AvgIpc) is 2.39. The Bertz CT molecular complexity index is 615. The van der Waals surface area contributed by atoms with E-state index in [9.17, 15) is 0 Å². The highest BCUT2D eigenvalue weighted by Gasteiger charge is 2.04. The third-order valence-corrected chi connectivity index (χ3v) is 2.48. The standard InChI is InChI=1S/C13H9N3/c1-4-10-5-2-8-14-13(10)11(6-1)12-7-3-9-15-16-12/h1-9H. The fraction of sp³-hybridized carbons (Fsp3) is 0. The fourth-order valence-electron chi connectivity index (χ4n) is 1.76. The monoisotopic (exact) mass is 207 g/mol. The van der Waals surface area contributed by atoms with Crippen LogP contribution in [0.4, 0.5) is 0 Å². The summed E-state index contributed by atoms with van der Waals surface area (Å²) in [6, 6.07) is 13.9. The molecule has 0 spiro atoms. The largest absolute Gasteiger partial charge is 0.256 e. The summed E-state index contributed by atoms with van der Waals surface area (Å²) in [5.74, 6) is 0. The molecule has 76 valence electrons. The average molecular weight is 207 g/mol. The lowest BCUT2D eigenvalue weighted by molar-refractivity contribution is 1.04. The van der Waals surface area contributed by atoms with Gasteiger partial charge < -0.3 is 0 Å². The first-order valence-corrected chi connectivity index (χ1v) is 5.07. The molecule has 3 rings (SSSR count). The number of hydrogen-bond donors (Lipinski definition) is 0. The van der Waals surface area contributed by atoms with Crippen molar-refractivity contribution in [3.63, 3.8) is 0 Å². The van der Waals surface area contributed by atoms with E-state index in [1.807, 2.05) is 42.5 Å². The zero-order valence-electron chi connectivity index (χ0n) is 8.54. The van der Waals surface area contributed by atoms with Gasteiger partial charge in [-0.1, -0.05) is 24.3 Å². The number of para-hydroxylation sites is 1. The predicted octanol–water partition coefficient (Wildman–Crippen LogP) is 2.69. The Morgan fingerprint density at radius 2 is 1.69 bits per heavy atom. The molecule has 0 saturated heterocycles. The van der Waals surface area contributed by atoms with Gasteiger partial charge in [-0.25, -0.2) is 0 Å². The summed E-state index contributed by atoms with van der Waals surface area (Å²) in [7, 11) is 0. The molecule has 0 N–H and O–H groups in total. The topological polar surface area (TPSA) is 38.7 Å². The summed E-state index contributed by atoms with van der Waals surface area (Å²) in [5, 5.41) is 9.12. The van der Waals surface area contributed by atoms with Crippen LogP contribution in [0.15, 0.2) is 54.9 Å². The molecule has 1 aromatic carbocycles. The SMILES string of the molecule is c1cnnc(-c2cccc3cccnc23)c1. The van der Waals surface area contributed by atoms with Gasteiger partial charge in [0.15, 0.2) is 0 Å². The summed E-state index contributed by atoms with van der Waals surface area (Å²) in [6.45, 7) is 0. The molecule has 0 bridgehead atoms. The molecule has 2 heterocycles. The number of fused-ring (bicyclic) bond motifs is 1. The van der Waals surface area contributed by atoms with E-state index in [-0.39, 0.29) is 0 Å². The number of hydrogen-bond acceptors (Lipinski definition) is 3. The summed E-state index contributed by atoms with van der Waals surface area (Å²) >= 11 is 0. The van der Waals surface area contributed by atoms with E-state index in [2.05, 4.69) is 15.2 Å². The summed E-state index contributed by atoms with van der Waals surface area (Å²) in [5.41, 5.74) is 2.84. The Hall–Kier alpha value is -2.29. The minimum atomic E-state index is 0.854. The zero-order chi connectivity index (χ0) is 10.8. The highest BCUT2D eigenvalue weighted by Crippen LogP contribution is 2.24. The predicted molar refractivity (Wildman–Crippen MR) is 62.8 cm³/mol. The molecule has 0 atom stereocenters. The van der Waals surface area contributed by atoms with Gasteiger partial charge in [-0.05, 0) is 18.2 Å². The maximum Gasteiger partial charge on any atom is 0.0951 e. The van der Waals surface area contributed by atoms with Crippen molar-refractivity contribution in [1.29, 1.82) is 0 Å². The van der Waals surface area contributed by atoms with E-state index in [4.69, 9.17) is 0 Å². The lowest BCUT2D eigenvalue weighted by Crippen LogP contribution is -1.88. The maximum atomic E-state index is 4.39. The Labute approximate surface area is 92.8 Å². The second-order valence-electron chi connectivity index (χ2n) is 3.49. The molecule has 0 saturated carbocycles. The maximum absolute atomic E-state index is 4.39. The molecule has 2 aromatic heterocycles. The van der Waals surface area contributed by atoms with Crippen LogP contribution in [0.5, 0.6) is 0 Å². The smallest absolute Gasteiger partial charge is 0.0951 e. The molecule has 0 radical (unpaired) electrons. The first-order chi connectivity index (χ1) is 7.95. The Balaban J connectivity index is 2.32. The second-order valence-corrected chi connectivity index (χ2v) is 3.49. The van der Waals surface area contributed by atoms with Crippen molar-refractivity contribution in [3.05, 3.63) is 54.9 Å². The molecular formula is C13H9N3. The summed E-state index contributed by atoms with van der Waals surface area (Å²) in [4.78, 5) is 4.39. The van der Waals surface area contributed by atoms with Crippen LogP contribution in [0, 0.1) is 0 Å². The van der Waals surface area contributed by atoms with Crippen LogP contribution in [0.2, 0.25) is 0 Å². The van der Waals surface area contributed by atoms with Crippen molar-refractivity contribution in [2.75, 3.05) is 0 Å². The van der Waals surface area contributed by atoms with E-state index in [0.717, 1.165) is 22.2 Å². The third-order valence-electron chi connectivity index (χ3n) is 2.48. The van der Waals surface area contributed by atoms with Crippen LogP contribution in [-0.2, 0) is 0 Å². The van der Waals surface area contributed by atoms with Crippen molar-refractivity contribution < 1.29 is 0 Å². The van der Waals surface area contributed by atoms with Gasteiger partial charge in [-0.2, -0.15) is 10.2 Å². The first kappa shape index (κ1) is 8.97. The number of benzene rings is 1. The fourth-order valence-corrected chi connectivity index (χ4v) is 1.76. The number of pyridine rings is 1. The molecule has 0 unspecified atom stereocenters. The van der Waals surface area contributed by atoms with Crippen LogP contribution in [0.25, 0.3) is 22.2 Å². The van der Waals surface area contributed by atoms with Crippen LogP contribution >= 0.6 is 0 Å². The zero-order valence-corrected chi connectivity index (χ0v) is 8.54. The van der Waals surface area contributed by atoms with E-state index in [0.29, 0.717) is 0 Å². The number of rotatable bonds is 1. The van der Waals surface area contributed by atoms with Crippen molar-refractivity contribution in [3.8, 4) is 11.3 Å². The van der Waals surface area contributed by atoms with E-state index in [1.165, 1.54) is 0 Å². The van der Waals surface area contributed by atoms with E-state index >= 15 is 0 Å². The van der Waals surface area contributed by atoms with Crippen LogP contribution < -0.4 is 0 Å². The molecule has 0 fully saturated rings. The minimum absolute atomic E-state index is 0.854. The lowest BCUT2D eigenvalue weighted by atomic mass is 10.1. The quantitative estimate of drug-likeness (QED) is 0.615. The lowest BCUT2D eigenvalue weighted by Gasteiger charge is -2.03. The van der Waals surface area contributed by atoms with Crippen LogP contribution in [-0.4, -0.2) is 15.2 Å². The molecule has 0 aliphatic carbocycles. The van der Waals surface area contributed by atoms with Crippen LogP contribution in [0.1, 0.15) is 0 Å². The highest BCUT2D eigenvalue weighted by atomic mass is 15.1. The molecule has 0 amide bonds. The molecule has 0 aliphatic rings. The number of nitrogens with zero attached hydrogens (tertiary/aromatic N) is 3. The Morgan fingerprint density at radius 1 is 0.812 bits per heavy atom. The van der Waals surface area contributed by atoms with Gasteiger partial charge >= 0.3 is 0 Å². The minimum Gasteiger partial charge on any atom is -0.256 e. The van der Waals surface area contributed by atoms with Gasteiger partial charge in [0.2, 0.25) is 0 Å². The third kappa shape index (κ3) is 1.42. The molecule has 3 heteroatoms. The van der Waals surface area contributed by atoms with Crippen molar-refractivity contribution >= 4 is 10.9 Å². The molecule has 3 nitrogen and oxygen atoms in total. The van der Waals surface area contributed by atoms with Gasteiger partial charge in [0.05, 0.1) is 11.2 Å². The van der Waals surface area contributed by atoms with Gasteiger partial charge in [0.25, 0.3) is 0 Å². The first-order valence-electron chi connectivity index (χ1n) is 5.07. The van der Waals surface area contributed by atoms with Gasteiger partial charge in [0, 0.05) is 23.3 Å². The van der Waals surface area contributed by atoms with Crippen molar-refractivity contribution in [2.24, 2.45) is 0 Å². The van der Waals surface area contributed by atoms with Crippen molar-refractivity contribution in [2.45, 2.75) is 0 Å². The Morgan fingerprint density at radius 3 is 2.56 bits per heavy atom. The molecule has 16 heavy (non-hydrogen) atoms. The molecular weight excluding hydrogens is 198 g/mol. The van der Waals surface area contributed by atoms with E-state index in [1.54, 1.807) is 12.4 Å². The van der Waals surface area contributed by atoms with E-state index < -0.39 is 0 Å². The highest BCUT2D eigenvalue weighted by molar-refractivity contribution is 5.92. The Kier molecular flexibility index (Phi) is 2.07.